The fraction of sp³-hybridized carbons (Fsp3) is 0.111. The molecule has 0 spiro atoms. The smallest absolute Gasteiger partial charge is 0.335 e. The summed E-state index contributed by atoms with van der Waals surface area (Å²) in [7, 11) is 0. The Balaban J connectivity index is 1.71. The highest BCUT2D eigenvalue weighted by Crippen LogP contribution is 2.23. The predicted octanol–water partition coefficient (Wildman–Crippen LogP) is 2.29. The van der Waals surface area contributed by atoms with Crippen molar-refractivity contribution in [2.75, 3.05) is 10.2 Å². The maximum absolute atomic E-state index is 12.2. The molecule has 7 nitrogen and oxygen atoms in total. The third kappa shape index (κ3) is 3.40. The van der Waals surface area contributed by atoms with Crippen molar-refractivity contribution in [3.8, 4) is 0 Å². The molecular weight excluding hydrogens is 324 g/mol. The average molecular weight is 338 g/mol. The Morgan fingerprint density at radius 2 is 1.36 bits per heavy atom. The van der Waals surface area contributed by atoms with Crippen LogP contribution in [0.15, 0.2) is 48.5 Å². The lowest BCUT2D eigenvalue weighted by Crippen LogP contribution is -2.28. The number of nitrogens with one attached hydrogen (secondary N) is 1. The molecule has 0 aliphatic carbocycles. The number of nitrogens with zero attached hydrogens (tertiary/aromatic N) is 1. The molecule has 2 aromatic rings. The zero-order chi connectivity index (χ0) is 18.0. The summed E-state index contributed by atoms with van der Waals surface area (Å²) in [5.74, 6) is -1.92. The number of benzene rings is 2. The fourth-order valence-electron chi connectivity index (χ4n) is 2.53. The van der Waals surface area contributed by atoms with Crippen LogP contribution in [0.1, 0.15) is 33.6 Å². The van der Waals surface area contributed by atoms with E-state index in [1.54, 1.807) is 12.1 Å². The van der Waals surface area contributed by atoms with Gasteiger partial charge < -0.3 is 10.4 Å². The molecular formula is C18H14N2O5. The highest BCUT2D eigenvalue weighted by molar-refractivity contribution is 6.20. The molecule has 0 atom stereocenters. The van der Waals surface area contributed by atoms with Gasteiger partial charge in [0.2, 0.25) is 11.8 Å². The molecule has 0 radical (unpaired) electrons. The third-order valence-corrected chi connectivity index (χ3v) is 3.83. The van der Waals surface area contributed by atoms with E-state index in [-0.39, 0.29) is 36.1 Å². The van der Waals surface area contributed by atoms with Gasteiger partial charge in [0, 0.05) is 24.1 Å². The van der Waals surface area contributed by atoms with Crippen LogP contribution >= 0.6 is 0 Å². The first-order valence-corrected chi connectivity index (χ1v) is 7.56. The highest BCUT2D eigenvalue weighted by Gasteiger charge is 2.30. The minimum absolute atomic E-state index is 0.127. The van der Waals surface area contributed by atoms with Crippen molar-refractivity contribution >= 4 is 35.1 Å². The third-order valence-electron chi connectivity index (χ3n) is 3.83. The summed E-state index contributed by atoms with van der Waals surface area (Å²) in [5.41, 5.74) is 1.38. The number of hydrogen-bond donors (Lipinski definition) is 2. The minimum Gasteiger partial charge on any atom is -0.478 e. The summed E-state index contributed by atoms with van der Waals surface area (Å²) >= 11 is 0. The zero-order valence-electron chi connectivity index (χ0n) is 13.1. The van der Waals surface area contributed by atoms with Gasteiger partial charge in [-0.2, -0.15) is 0 Å². The number of anilines is 2. The molecule has 2 N–H and O–H groups in total. The monoisotopic (exact) mass is 338 g/mol. The summed E-state index contributed by atoms with van der Waals surface area (Å²) in [4.78, 5) is 47.5. The van der Waals surface area contributed by atoms with Gasteiger partial charge in [0.25, 0.3) is 5.91 Å². The molecule has 25 heavy (non-hydrogen) atoms. The van der Waals surface area contributed by atoms with Crippen LogP contribution < -0.4 is 10.2 Å². The molecule has 2 aromatic carbocycles. The largest absolute Gasteiger partial charge is 0.478 e. The van der Waals surface area contributed by atoms with Crippen LogP contribution in [0.2, 0.25) is 0 Å². The summed E-state index contributed by atoms with van der Waals surface area (Å²) in [6.07, 6.45) is 0.404. The lowest BCUT2D eigenvalue weighted by atomic mass is 10.1. The maximum atomic E-state index is 12.2. The molecule has 1 aliphatic rings. The van der Waals surface area contributed by atoms with Crippen molar-refractivity contribution < 1.29 is 24.3 Å². The summed E-state index contributed by atoms with van der Waals surface area (Å²) in [5, 5.41) is 11.5. The summed E-state index contributed by atoms with van der Waals surface area (Å²) in [6.45, 7) is 0. The van der Waals surface area contributed by atoms with Gasteiger partial charge in [-0.25, -0.2) is 4.79 Å². The molecule has 0 aromatic heterocycles. The zero-order valence-corrected chi connectivity index (χ0v) is 13.1. The van der Waals surface area contributed by atoms with Crippen molar-refractivity contribution in [3.63, 3.8) is 0 Å². The van der Waals surface area contributed by atoms with Gasteiger partial charge >= 0.3 is 5.97 Å². The number of carbonyl (C=O) groups excluding carboxylic acids is 3. The van der Waals surface area contributed by atoms with Crippen LogP contribution in [0.4, 0.5) is 11.4 Å². The van der Waals surface area contributed by atoms with Gasteiger partial charge in [-0.3, -0.25) is 19.3 Å². The van der Waals surface area contributed by atoms with Gasteiger partial charge in [0.1, 0.15) is 0 Å². The number of aromatic carboxylic acids is 1. The SMILES string of the molecule is O=C(O)c1ccc(NC(=O)c2ccc(N3C(=O)CCC3=O)cc2)cc1. The predicted molar refractivity (Wildman–Crippen MR) is 89.5 cm³/mol. The van der Waals surface area contributed by atoms with E-state index in [9.17, 15) is 19.2 Å². The quantitative estimate of drug-likeness (QED) is 0.833. The summed E-state index contributed by atoms with van der Waals surface area (Å²) < 4.78 is 0. The first-order valence-electron chi connectivity index (χ1n) is 7.56. The lowest BCUT2D eigenvalue weighted by molar-refractivity contribution is -0.121. The second-order valence-corrected chi connectivity index (χ2v) is 5.51. The first-order chi connectivity index (χ1) is 12.0. The molecule has 1 heterocycles. The van der Waals surface area contributed by atoms with Gasteiger partial charge in [0.15, 0.2) is 0 Å². The molecule has 0 saturated carbocycles. The molecule has 0 bridgehead atoms. The number of carbonyl (C=O) groups is 4. The van der Waals surface area contributed by atoms with Gasteiger partial charge in [-0.05, 0) is 48.5 Å². The van der Waals surface area contributed by atoms with Crippen molar-refractivity contribution in [3.05, 3.63) is 59.7 Å². The van der Waals surface area contributed by atoms with E-state index in [1.165, 1.54) is 36.4 Å². The molecule has 1 saturated heterocycles. The van der Waals surface area contributed by atoms with E-state index in [0.717, 1.165) is 4.90 Å². The van der Waals surface area contributed by atoms with Crippen LogP contribution in [-0.4, -0.2) is 28.8 Å². The van der Waals surface area contributed by atoms with Gasteiger partial charge in [-0.15, -0.1) is 0 Å². The Kier molecular flexibility index (Phi) is 4.30. The summed E-state index contributed by atoms with van der Waals surface area (Å²) in [6, 6.07) is 11.9. The number of hydrogen-bond acceptors (Lipinski definition) is 4. The Labute approximate surface area is 142 Å². The number of imide groups is 1. The Morgan fingerprint density at radius 3 is 1.88 bits per heavy atom. The first kappa shape index (κ1) is 16.4. The Bertz CT molecular complexity index is 840. The van der Waals surface area contributed by atoms with E-state index in [1.807, 2.05) is 0 Å². The minimum atomic E-state index is -1.04. The van der Waals surface area contributed by atoms with E-state index < -0.39 is 5.97 Å². The van der Waals surface area contributed by atoms with Crippen molar-refractivity contribution in [2.24, 2.45) is 0 Å². The highest BCUT2D eigenvalue weighted by atomic mass is 16.4. The molecule has 0 unspecified atom stereocenters. The number of rotatable bonds is 4. The van der Waals surface area contributed by atoms with Crippen molar-refractivity contribution in [1.29, 1.82) is 0 Å². The van der Waals surface area contributed by atoms with Gasteiger partial charge in [-0.1, -0.05) is 0 Å². The Hall–Kier alpha value is -3.48. The van der Waals surface area contributed by atoms with Crippen LogP contribution in [0.3, 0.4) is 0 Å². The van der Waals surface area contributed by atoms with Crippen LogP contribution in [0, 0.1) is 0 Å². The molecule has 1 fully saturated rings. The van der Waals surface area contributed by atoms with Crippen LogP contribution in [0.5, 0.6) is 0 Å². The lowest BCUT2D eigenvalue weighted by Gasteiger charge is -2.14. The van der Waals surface area contributed by atoms with E-state index in [4.69, 9.17) is 5.11 Å². The second kappa shape index (κ2) is 6.56. The van der Waals surface area contributed by atoms with Gasteiger partial charge in [0.05, 0.1) is 11.3 Å². The molecule has 3 rings (SSSR count). The number of carboxylic acids is 1. The second-order valence-electron chi connectivity index (χ2n) is 5.51. The Morgan fingerprint density at radius 1 is 0.840 bits per heavy atom. The van der Waals surface area contributed by atoms with E-state index in [2.05, 4.69) is 5.32 Å². The average Bonchev–Trinajstić information content (AvgIpc) is 2.94. The van der Waals surface area contributed by atoms with E-state index in [0.29, 0.717) is 16.9 Å². The van der Waals surface area contributed by atoms with Crippen molar-refractivity contribution in [1.82, 2.24) is 0 Å². The fourth-order valence-corrected chi connectivity index (χ4v) is 2.53. The molecule has 3 amide bonds. The standard InChI is InChI=1S/C18H14N2O5/c21-15-9-10-16(22)20(15)14-7-3-11(4-8-14)17(23)19-13-5-1-12(2-6-13)18(24)25/h1-8H,9-10H2,(H,19,23)(H,24,25). The van der Waals surface area contributed by atoms with E-state index >= 15 is 0 Å². The topological polar surface area (TPSA) is 104 Å². The molecule has 126 valence electrons. The van der Waals surface area contributed by atoms with Crippen LogP contribution in [-0.2, 0) is 9.59 Å². The molecule has 7 heteroatoms. The maximum Gasteiger partial charge on any atom is 0.335 e. The normalized spacial score (nSPS) is 13.8. The molecule has 1 aliphatic heterocycles. The number of amides is 3. The van der Waals surface area contributed by atoms with Crippen molar-refractivity contribution in [2.45, 2.75) is 12.8 Å². The van der Waals surface area contributed by atoms with Crippen LogP contribution in [0.25, 0.3) is 0 Å². The number of carboxylic acid groups (broad SMARTS) is 1.